The molecule has 0 bridgehead atoms. The zero-order valence-electron chi connectivity index (χ0n) is 18.8. The number of benzene rings is 4. The van der Waals surface area contributed by atoms with Gasteiger partial charge in [0, 0.05) is 10.4 Å². The van der Waals surface area contributed by atoms with Gasteiger partial charge >= 0.3 is 6.18 Å². The van der Waals surface area contributed by atoms with E-state index in [0.717, 1.165) is 22.0 Å². The number of alkyl halides is 3. The Balaban J connectivity index is 1.90. The van der Waals surface area contributed by atoms with Crippen molar-refractivity contribution in [2.75, 3.05) is 0 Å². The average molecular weight is 540 g/mol. The lowest BCUT2D eigenvalue weighted by Crippen LogP contribution is -2.26. The number of nitrogens with zero attached hydrogens (tertiary/aromatic N) is 1. The highest BCUT2D eigenvalue weighted by Gasteiger charge is 2.34. The maximum atomic E-state index is 13.9. The first-order valence-corrected chi connectivity index (χ1v) is 13.7. The molecule has 7 heteroatoms. The molecule has 0 fully saturated rings. The van der Waals surface area contributed by atoms with Crippen LogP contribution in [0.4, 0.5) is 13.2 Å². The zero-order chi connectivity index (χ0) is 25.5. The third kappa shape index (κ3) is 4.35. The summed E-state index contributed by atoms with van der Waals surface area (Å²) in [7, 11) is 0. The lowest BCUT2D eigenvalue weighted by atomic mass is 10.00. The minimum Gasteiger partial charge on any atom is -0.242 e. The highest BCUT2D eigenvalue weighted by Crippen LogP contribution is 2.46. The summed E-state index contributed by atoms with van der Waals surface area (Å²) in [5.41, 5.74) is 0.0153. The topological polar surface area (TPSA) is 12.9 Å². The van der Waals surface area contributed by atoms with Gasteiger partial charge in [0.05, 0.1) is 10.5 Å². The zero-order valence-corrected chi connectivity index (χ0v) is 21.2. The lowest BCUT2D eigenvalue weighted by molar-refractivity contribution is -0.140. The average Bonchev–Trinajstić information content (AvgIpc) is 2.88. The van der Waals surface area contributed by atoms with Crippen LogP contribution in [0.25, 0.3) is 22.0 Å². The molecule has 0 unspecified atom stereocenters. The fraction of sp³-hybridized carbons (Fsp3) is 0.0345. The summed E-state index contributed by atoms with van der Waals surface area (Å²) in [5.74, 6) is 0. The smallest absolute Gasteiger partial charge is 0.242 e. The molecule has 1 heterocycles. The Kier molecular flexibility index (Phi) is 6.46. The van der Waals surface area contributed by atoms with Crippen molar-refractivity contribution in [1.29, 1.82) is 0 Å². The molecule has 0 radical (unpaired) electrons. The van der Waals surface area contributed by atoms with Crippen LogP contribution in [0, 0.1) is 0 Å². The number of pyridine rings is 1. The van der Waals surface area contributed by atoms with Crippen molar-refractivity contribution in [3.05, 3.63) is 119 Å². The van der Waals surface area contributed by atoms with E-state index in [4.69, 9.17) is 29.5 Å². The van der Waals surface area contributed by atoms with E-state index in [1.165, 1.54) is 6.07 Å². The van der Waals surface area contributed by atoms with Gasteiger partial charge in [0.2, 0.25) is 0 Å². The first kappa shape index (κ1) is 24.6. The molecule has 5 aromatic rings. The molecule has 0 saturated heterocycles. The molecule has 0 aliphatic heterocycles. The van der Waals surface area contributed by atoms with Gasteiger partial charge in [-0.25, -0.2) is 4.98 Å². The van der Waals surface area contributed by atoms with E-state index in [9.17, 15) is 13.2 Å². The van der Waals surface area contributed by atoms with Crippen molar-refractivity contribution in [1.82, 2.24) is 4.98 Å². The molecule has 0 atom stereocenters. The van der Waals surface area contributed by atoms with Gasteiger partial charge in [0.15, 0.2) is 0 Å². The van der Waals surface area contributed by atoms with Crippen molar-refractivity contribution < 1.29 is 13.2 Å². The predicted molar refractivity (Wildman–Crippen MR) is 148 cm³/mol. The molecule has 0 aliphatic carbocycles. The summed E-state index contributed by atoms with van der Waals surface area (Å²) in [4.78, 5) is 3.86. The van der Waals surface area contributed by atoms with Crippen molar-refractivity contribution in [3.8, 4) is 11.1 Å². The third-order valence-electron chi connectivity index (χ3n) is 6.12. The number of rotatable bonds is 4. The van der Waals surface area contributed by atoms with E-state index in [2.05, 4.69) is 4.98 Å². The number of hydrogen-bond acceptors (Lipinski definition) is 1. The normalized spacial score (nSPS) is 12.1. The Morgan fingerprint density at radius 3 is 1.83 bits per heavy atom. The first-order chi connectivity index (χ1) is 17.2. The molecule has 0 amide bonds. The van der Waals surface area contributed by atoms with Crippen LogP contribution < -0.4 is 15.9 Å². The second kappa shape index (κ2) is 9.44. The highest BCUT2D eigenvalue weighted by molar-refractivity contribution is 7.93. The SMILES string of the molecule is C=P(c1ccccc1)(c1ccccc1)c1ccccc1-c1cc(C(F)(F)F)nc2c(Cl)cc(Cl)cc12. The van der Waals surface area contributed by atoms with Crippen LogP contribution in [-0.2, 0) is 6.18 Å². The van der Waals surface area contributed by atoms with Crippen LogP contribution in [0.2, 0.25) is 10.0 Å². The summed E-state index contributed by atoms with van der Waals surface area (Å²) >= 11 is 12.6. The van der Waals surface area contributed by atoms with Crippen molar-refractivity contribution in [3.63, 3.8) is 0 Å². The maximum Gasteiger partial charge on any atom is 0.433 e. The van der Waals surface area contributed by atoms with E-state index < -0.39 is 18.8 Å². The van der Waals surface area contributed by atoms with Gasteiger partial charge in [-0.1, -0.05) is 114 Å². The van der Waals surface area contributed by atoms with E-state index in [-0.39, 0.29) is 10.5 Å². The van der Waals surface area contributed by atoms with E-state index in [0.29, 0.717) is 21.5 Å². The second-order valence-electron chi connectivity index (χ2n) is 8.33. The number of hydrogen-bond donors (Lipinski definition) is 0. The number of fused-ring (bicyclic) bond motifs is 1. The Bertz CT molecular complexity index is 1570. The van der Waals surface area contributed by atoms with Crippen LogP contribution >= 0.6 is 30.1 Å². The molecule has 180 valence electrons. The summed E-state index contributed by atoms with van der Waals surface area (Å²) in [6.07, 6.45) is 0.118. The third-order valence-corrected chi connectivity index (χ3v) is 10.2. The lowest BCUT2D eigenvalue weighted by Gasteiger charge is -2.29. The van der Waals surface area contributed by atoms with Crippen molar-refractivity contribution in [2.24, 2.45) is 0 Å². The minimum absolute atomic E-state index is 0.0492. The van der Waals surface area contributed by atoms with Crippen LogP contribution in [0.15, 0.2) is 103 Å². The largest absolute Gasteiger partial charge is 0.433 e. The van der Waals surface area contributed by atoms with Gasteiger partial charge in [-0.2, -0.15) is 13.2 Å². The van der Waals surface area contributed by atoms with Crippen LogP contribution in [0.5, 0.6) is 0 Å². The van der Waals surface area contributed by atoms with Gasteiger partial charge in [-0.3, -0.25) is 0 Å². The molecule has 0 aliphatic rings. The Hall–Kier alpha value is -3.04. The fourth-order valence-electron chi connectivity index (χ4n) is 4.45. The Labute approximate surface area is 217 Å². The molecule has 4 aromatic carbocycles. The Morgan fingerprint density at radius 1 is 0.694 bits per heavy atom. The molecular formula is C29H19Cl2F3NP. The van der Waals surface area contributed by atoms with Crippen molar-refractivity contribution >= 4 is 63.2 Å². The fourth-order valence-corrected chi connectivity index (χ4v) is 8.15. The van der Waals surface area contributed by atoms with Crippen LogP contribution in [-0.4, -0.2) is 11.3 Å². The van der Waals surface area contributed by atoms with Crippen molar-refractivity contribution in [2.45, 2.75) is 6.18 Å². The monoisotopic (exact) mass is 539 g/mol. The molecule has 36 heavy (non-hydrogen) atoms. The summed E-state index contributed by atoms with van der Waals surface area (Å²) in [6, 6.07) is 31.3. The molecule has 0 spiro atoms. The number of aromatic nitrogens is 1. The summed E-state index contributed by atoms with van der Waals surface area (Å²) < 4.78 is 41.8. The quantitative estimate of drug-likeness (QED) is 0.211. The van der Waals surface area contributed by atoms with Gasteiger partial charge < -0.3 is 0 Å². The first-order valence-electron chi connectivity index (χ1n) is 11.0. The van der Waals surface area contributed by atoms with E-state index in [1.807, 2.05) is 84.9 Å². The summed E-state index contributed by atoms with van der Waals surface area (Å²) in [5, 5.41) is 3.68. The minimum atomic E-state index is -4.66. The Morgan fingerprint density at radius 2 is 1.25 bits per heavy atom. The maximum absolute atomic E-state index is 13.9. The van der Waals surface area contributed by atoms with E-state index in [1.54, 1.807) is 6.07 Å². The van der Waals surface area contributed by atoms with Crippen LogP contribution in [0.1, 0.15) is 5.69 Å². The van der Waals surface area contributed by atoms with Gasteiger partial charge in [0.25, 0.3) is 0 Å². The molecule has 1 nitrogen and oxygen atoms in total. The highest BCUT2D eigenvalue weighted by atomic mass is 35.5. The number of halogens is 5. The van der Waals surface area contributed by atoms with E-state index >= 15 is 0 Å². The molecule has 0 saturated carbocycles. The standard InChI is InChI=1S/C29H19Cl2F3NP/c1-36(20-10-4-2-5-11-20,21-12-6-3-7-13-21)26-15-9-8-14-22(26)23-18-27(29(32,33)34)35-28-24(23)16-19(30)17-25(28)31/h2-18H,1H2. The molecule has 0 N–H and O–H groups in total. The van der Waals surface area contributed by atoms with Gasteiger partial charge in [0.1, 0.15) is 5.69 Å². The van der Waals surface area contributed by atoms with Gasteiger partial charge in [-0.05, 0) is 52.1 Å². The summed E-state index contributed by atoms with van der Waals surface area (Å²) in [6.45, 7) is -2.50. The molecule has 5 rings (SSSR count). The molecule has 1 aromatic heterocycles. The van der Waals surface area contributed by atoms with Crippen LogP contribution in [0.3, 0.4) is 0 Å². The predicted octanol–water partition coefficient (Wildman–Crippen LogP) is 7.95. The molecular weight excluding hydrogens is 521 g/mol. The second-order valence-corrected chi connectivity index (χ2v) is 12.3. The van der Waals surface area contributed by atoms with Gasteiger partial charge in [-0.15, -0.1) is 0 Å².